The lowest BCUT2D eigenvalue weighted by Gasteiger charge is -2.39. The Balaban J connectivity index is 2.22. The summed E-state index contributed by atoms with van der Waals surface area (Å²) in [5.74, 6) is 0.176. The molecule has 124 valence electrons. The van der Waals surface area contributed by atoms with Crippen LogP contribution >= 0.6 is 15.9 Å². The van der Waals surface area contributed by atoms with E-state index in [0.717, 1.165) is 12.8 Å². The van der Waals surface area contributed by atoms with E-state index in [-0.39, 0.29) is 23.3 Å². The third-order valence-corrected chi connectivity index (χ3v) is 4.70. The smallest absolute Gasteiger partial charge is 0.360 e. The predicted molar refractivity (Wildman–Crippen MR) is 86.2 cm³/mol. The van der Waals surface area contributed by atoms with E-state index in [1.165, 1.54) is 0 Å². The second kappa shape index (κ2) is 6.71. The number of halogens is 1. The molecule has 1 aromatic heterocycles. The molecule has 1 saturated heterocycles. The van der Waals surface area contributed by atoms with Crippen LogP contribution in [0.15, 0.2) is 4.52 Å². The molecule has 1 fully saturated rings. The predicted octanol–water partition coefficient (Wildman–Crippen LogP) is 4.19. The highest BCUT2D eigenvalue weighted by Gasteiger charge is 2.38. The minimum absolute atomic E-state index is 0.0442. The molecule has 0 bridgehead atoms. The van der Waals surface area contributed by atoms with Gasteiger partial charge in [-0.05, 0) is 32.1 Å². The number of hydrogen-bond acceptors (Lipinski definition) is 5. The number of alkyl halides is 1. The average molecular weight is 374 g/mol. The van der Waals surface area contributed by atoms with Crippen LogP contribution in [0.4, 0.5) is 0 Å². The van der Waals surface area contributed by atoms with Crippen molar-refractivity contribution in [1.29, 1.82) is 0 Å². The SMILES string of the molecule is CCOC(=O)c1noc([C@H]2CC(Br)C[C@@H](C(C)(C)C)O2)c1C. The summed E-state index contributed by atoms with van der Waals surface area (Å²) in [4.78, 5) is 12.2. The van der Waals surface area contributed by atoms with E-state index in [9.17, 15) is 4.79 Å². The maximum absolute atomic E-state index is 11.9. The van der Waals surface area contributed by atoms with Gasteiger partial charge in [0.2, 0.25) is 0 Å². The first-order valence-corrected chi connectivity index (χ1v) is 8.58. The van der Waals surface area contributed by atoms with Gasteiger partial charge in [0.05, 0.1) is 12.7 Å². The van der Waals surface area contributed by atoms with Crippen LogP contribution in [0.2, 0.25) is 0 Å². The quantitative estimate of drug-likeness (QED) is 0.587. The summed E-state index contributed by atoms with van der Waals surface area (Å²) in [5.41, 5.74) is 0.991. The van der Waals surface area contributed by atoms with E-state index in [1.807, 2.05) is 6.92 Å². The highest BCUT2D eigenvalue weighted by molar-refractivity contribution is 9.09. The lowest BCUT2D eigenvalue weighted by Crippen LogP contribution is -2.37. The number of ether oxygens (including phenoxy) is 2. The van der Waals surface area contributed by atoms with Crippen LogP contribution < -0.4 is 0 Å². The van der Waals surface area contributed by atoms with Gasteiger partial charge in [-0.3, -0.25) is 0 Å². The van der Waals surface area contributed by atoms with Crippen LogP contribution in [0.3, 0.4) is 0 Å². The Morgan fingerprint density at radius 2 is 2.09 bits per heavy atom. The monoisotopic (exact) mass is 373 g/mol. The Morgan fingerprint density at radius 3 is 2.68 bits per heavy atom. The van der Waals surface area contributed by atoms with Crippen molar-refractivity contribution >= 4 is 21.9 Å². The lowest BCUT2D eigenvalue weighted by molar-refractivity contribution is -0.106. The van der Waals surface area contributed by atoms with Crippen molar-refractivity contribution in [3.8, 4) is 0 Å². The molecular weight excluding hydrogens is 350 g/mol. The van der Waals surface area contributed by atoms with Gasteiger partial charge in [0.25, 0.3) is 0 Å². The molecule has 2 heterocycles. The molecule has 0 saturated carbocycles. The zero-order chi connectivity index (χ0) is 16.5. The molecule has 22 heavy (non-hydrogen) atoms. The molecule has 6 heteroatoms. The van der Waals surface area contributed by atoms with E-state index >= 15 is 0 Å². The fraction of sp³-hybridized carbons (Fsp3) is 0.750. The zero-order valence-corrected chi connectivity index (χ0v) is 15.4. The first-order chi connectivity index (χ1) is 10.2. The summed E-state index contributed by atoms with van der Waals surface area (Å²) >= 11 is 3.71. The van der Waals surface area contributed by atoms with Gasteiger partial charge in [0.15, 0.2) is 11.5 Å². The molecule has 1 unspecified atom stereocenters. The van der Waals surface area contributed by atoms with Gasteiger partial charge in [0.1, 0.15) is 6.10 Å². The van der Waals surface area contributed by atoms with Crippen LogP contribution in [0, 0.1) is 12.3 Å². The number of aromatic nitrogens is 1. The van der Waals surface area contributed by atoms with Crippen molar-refractivity contribution < 1.29 is 18.8 Å². The Bertz CT molecular complexity index is 535. The average Bonchev–Trinajstić information content (AvgIpc) is 2.79. The van der Waals surface area contributed by atoms with Crippen LogP contribution in [0.1, 0.15) is 68.5 Å². The van der Waals surface area contributed by atoms with E-state index < -0.39 is 5.97 Å². The summed E-state index contributed by atoms with van der Waals surface area (Å²) in [6.45, 7) is 10.4. The molecule has 0 N–H and O–H groups in total. The first kappa shape index (κ1) is 17.5. The van der Waals surface area contributed by atoms with E-state index in [4.69, 9.17) is 14.0 Å². The summed E-state index contributed by atoms with van der Waals surface area (Å²) in [6.07, 6.45) is 1.67. The Morgan fingerprint density at radius 1 is 1.41 bits per heavy atom. The minimum Gasteiger partial charge on any atom is -0.461 e. The Kier molecular flexibility index (Phi) is 5.33. The molecule has 1 aliphatic heterocycles. The van der Waals surface area contributed by atoms with Crippen LogP contribution in [-0.2, 0) is 9.47 Å². The molecular formula is C16H24BrNO4. The minimum atomic E-state index is -0.450. The standard InChI is InChI=1S/C16H24BrNO4/c1-6-20-15(19)13-9(2)14(22-18-13)11-7-10(17)8-12(21-11)16(3,4)5/h10-12H,6-8H2,1-5H3/t10?,11-,12+/m1/s1. The van der Waals surface area contributed by atoms with E-state index in [1.54, 1.807) is 6.92 Å². The highest BCUT2D eigenvalue weighted by atomic mass is 79.9. The maximum Gasteiger partial charge on any atom is 0.360 e. The van der Waals surface area contributed by atoms with Gasteiger partial charge in [0, 0.05) is 10.4 Å². The van der Waals surface area contributed by atoms with Crippen LogP contribution in [-0.4, -0.2) is 28.7 Å². The summed E-state index contributed by atoms with van der Waals surface area (Å²) < 4.78 is 16.6. The first-order valence-electron chi connectivity index (χ1n) is 7.66. The summed E-state index contributed by atoms with van der Waals surface area (Å²) in [5, 5.41) is 3.88. The number of esters is 1. The van der Waals surface area contributed by atoms with Crippen molar-refractivity contribution in [2.45, 2.75) is 64.5 Å². The van der Waals surface area contributed by atoms with Crippen molar-refractivity contribution in [3.05, 3.63) is 17.0 Å². The Hall–Kier alpha value is -0.880. The van der Waals surface area contributed by atoms with Crippen LogP contribution in [0.5, 0.6) is 0 Å². The topological polar surface area (TPSA) is 61.6 Å². The van der Waals surface area contributed by atoms with Crippen molar-refractivity contribution in [2.24, 2.45) is 5.41 Å². The largest absolute Gasteiger partial charge is 0.461 e. The highest BCUT2D eigenvalue weighted by Crippen LogP contribution is 2.41. The number of nitrogens with zero attached hydrogens (tertiary/aromatic N) is 1. The van der Waals surface area contributed by atoms with Crippen molar-refractivity contribution in [3.63, 3.8) is 0 Å². The van der Waals surface area contributed by atoms with Gasteiger partial charge in [-0.1, -0.05) is 41.9 Å². The molecule has 1 aliphatic rings. The van der Waals surface area contributed by atoms with Crippen LogP contribution in [0.25, 0.3) is 0 Å². The fourth-order valence-electron chi connectivity index (χ4n) is 2.64. The number of carbonyl (C=O) groups is 1. The normalized spacial score (nSPS) is 26.0. The number of hydrogen-bond donors (Lipinski definition) is 0. The molecule has 3 atom stereocenters. The maximum atomic E-state index is 11.9. The molecule has 5 nitrogen and oxygen atoms in total. The second-order valence-electron chi connectivity index (χ2n) is 6.79. The van der Waals surface area contributed by atoms with Gasteiger partial charge >= 0.3 is 5.97 Å². The molecule has 0 radical (unpaired) electrons. The molecule has 2 rings (SSSR count). The van der Waals surface area contributed by atoms with Gasteiger partial charge in [-0.25, -0.2) is 4.79 Å². The Labute approximate surface area is 139 Å². The van der Waals surface area contributed by atoms with E-state index in [0.29, 0.717) is 22.8 Å². The molecule has 0 aliphatic carbocycles. The van der Waals surface area contributed by atoms with Gasteiger partial charge < -0.3 is 14.0 Å². The van der Waals surface area contributed by atoms with Crippen molar-refractivity contribution in [1.82, 2.24) is 5.16 Å². The van der Waals surface area contributed by atoms with Crippen molar-refractivity contribution in [2.75, 3.05) is 6.61 Å². The number of carbonyl (C=O) groups excluding carboxylic acids is 1. The number of rotatable bonds is 3. The molecule has 0 aromatic carbocycles. The summed E-state index contributed by atoms with van der Waals surface area (Å²) in [7, 11) is 0. The van der Waals surface area contributed by atoms with Gasteiger partial charge in [-0.15, -0.1) is 0 Å². The second-order valence-corrected chi connectivity index (χ2v) is 8.08. The van der Waals surface area contributed by atoms with E-state index in [2.05, 4.69) is 41.9 Å². The zero-order valence-electron chi connectivity index (χ0n) is 13.8. The lowest BCUT2D eigenvalue weighted by atomic mass is 9.83. The molecule has 0 spiro atoms. The van der Waals surface area contributed by atoms with Gasteiger partial charge in [-0.2, -0.15) is 0 Å². The molecule has 1 aromatic rings. The fourth-order valence-corrected chi connectivity index (χ4v) is 3.31. The third kappa shape index (κ3) is 3.71. The molecule has 0 amide bonds. The summed E-state index contributed by atoms with van der Waals surface area (Å²) in [6, 6.07) is 0. The third-order valence-electron chi connectivity index (χ3n) is 3.96.